The summed E-state index contributed by atoms with van der Waals surface area (Å²) in [6.45, 7) is 0. The van der Waals surface area contributed by atoms with E-state index in [2.05, 4.69) is 40.7 Å². The highest BCUT2D eigenvalue weighted by atomic mass is 79.9. The molecule has 0 unspecified atom stereocenters. The Hall–Kier alpha value is -0.930. The van der Waals surface area contributed by atoms with Gasteiger partial charge in [-0.15, -0.1) is 12.6 Å². The zero-order valence-electron chi connectivity index (χ0n) is 7.94. The van der Waals surface area contributed by atoms with Gasteiger partial charge in [0.05, 0.1) is 0 Å². The molecule has 0 saturated heterocycles. The summed E-state index contributed by atoms with van der Waals surface area (Å²) in [7, 11) is 0. The smallest absolute Gasteiger partial charge is 0.0450 e. The largest absolute Gasteiger partial charge is 0.398 e. The van der Waals surface area contributed by atoms with Crippen LogP contribution in [0.5, 0.6) is 0 Å². The van der Waals surface area contributed by atoms with E-state index < -0.39 is 0 Å². The molecular weight excluding hydrogens is 270 g/mol. The van der Waals surface area contributed by atoms with Crippen LogP contribution in [0.3, 0.4) is 0 Å². The molecule has 0 radical (unpaired) electrons. The van der Waals surface area contributed by atoms with Crippen molar-refractivity contribution >= 4 is 34.2 Å². The highest BCUT2D eigenvalue weighted by Crippen LogP contribution is 2.26. The van der Waals surface area contributed by atoms with Gasteiger partial charge in [-0.1, -0.05) is 34.1 Å². The number of anilines is 1. The highest BCUT2D eigenvalue weighted by Gasteiger charge is 2.00. The summed E-state index contributed by atoms with van der Waals surface area (Å²) in [5.41, 5.74) is 8.70. The summed E-state index contributed by atoms with van der Waals surface area (Å²) < 4.78 is 1.08. The lowest BCUT2D eigenvalue weighted by Gasteiger charge is -2.04. The van der Waals surface area contributed by atoms with Crippen molar-refractivity contribution in [2.24, 2.45) is 0 Å². The Morgan fingerprint density at radius 3 is 2.13 bits per heavy atom. The predicted octanol–water partition coefficient (Wildman–Crippen LogP) is 3.99. The van der Waals surface area contributed by atoms with Gasteiger partial charge in [0.15, 0.2) is 0 Å². The molecule has 0 aliphatic heterocycles. The summed E-state index contributed by atoms with van der Waals surface area (Å²) in [4.78, 5) is 0.815. The van der Waals surface area contributed by atoms with Crippen molar-refractivity contribution < 1.29 is 0 Å². The maximum atomic E-state index is 5.71. The van der Waals surface area contributed by atoms with Crippen LogP contribution < -0.4 is 5.73 Å². The second-order valence-electron chi connectivity index (χ2n) is 3.28. The van der Waals surface area contributed by atoms with E-state index in [4.69, 9.17) is 5.73 Å². The van der Waals surface area contributed by atoms with Crippen molar-refractivity contribution in [2.45, 2.75) is 4.90 Å². The molecule has 0 atom stereocenters. The van der Waals surface area contributed by atoms with E-state index >= 15 is 0 Å². The van der Waals surface area contributed by atoms with Crippen molar-refractivity contribution in [3.05, 3.63) is 46.9 Å². The Morgan fingerprint density at radius 2 is 1.53 bits per heavy atom. The standard InChI is InChI=1S/C12H10BrNS/c13-10-4-1-8(2-5-10)9-3-6-11(14)12(15)7-9/h1-7,15H,14H2. The summed E-state index contributed by atoms with van der Waals surface area (Å²) >= 11 is 7.71. The first-order chi connectivity index (χ1) is 7.16. The van der Waals surface area contributed by atoms with Gasteiger partial charge in [-0.25, -0.2) is 0 Å². The molecule has 2 N–H and O–H groups in total. The minimum absolute atomic E-state index is 0.708. The fourth-order valence-electron chi connectivity index (χ4n) is 1.37. The fourth-order valence-corrected chi connectivity index (χ4v) is 1.84. The van der Waals surface area contributed by atoms with Gasteiger partial charge >= 0.3 is 0 Å². The predicted molar refractivity (Wildman–Crippen MR) is 71.2 cm³/mol. The van der Waals surface area contributed by atoms with Crippen LogP contribution in [0.15, 0.2) is 51.8 Å². The summed E-state index contributed by atoms with van der Waals surface area (Å²) in [6.07, 6.45) is 0. The Labute approximate surface area is 103 Å². The third kappa shape index (κ3) is 2.36. The van der Waals surface area contributed by atoms with Crippen molar-refractivity contribution in [3.63, 3.8) is 0 Å². The average molecular weight is 280 g/mol. The molecule has 1 nitrogen and oxygen atoms in total. The van der Waals surface area contributed by atoms with Crippen LogP contribution in [0.2, 0.25) is 0 Å². The van der Waals surface area contributed by atoms with Crippen LogP contribution in [-0.4, -0.2) is 0 Å². The van der Waals surface area contributed by atoms with E-state index in [0.717, 1.165) is 20.5 Å². The van der Waals surface area contributed by atoms with Gasteiger partial charge in [0.1, 0.15) is 0 Å². The van der Waals surface area contributed by atoms with E-state index in [1.54, 1.807) is 0 Å². The zero-order chi connectivity index (χ0) is 10.8. The first-order valence-electron chi connectivity index (χ1n) is 4.51. The van der Waals surface area contributed by atoms with Gasteiger partial charge < -0.3 is 5.73 Å². The Bertz CT molecular complexity index is 479. The molecule has 2 aromatic carbocycles. The van der Waals surface area contributed by atoms with Crippen LogP contribution in [0.25, 0.3) is 11.1 Å². The van der Waals surface area contributed by atoms with E-state index in [1.807, 2.05) is 30.3 Å². The number of benzene rings is 2. The van der Waals surface area contributed by atoms with Crippen LogP contribution in [0.1, 0.15) is 0 Å². The number of nitrogens with two attached hydrogens (primary N) is 1. The molecule has 0 bridgehead atoms. The molecule has 0 amide bonds. The fraction of sp³-hybridized carbons (Fsp3) is 0. The summed E-state index contributed by atoms with van der Waals surface area (Å²) in [5, 5.41) is 0. The van der Waals surface area contributed by atoms with Gasteiger partial charge in [-0.2, -0.15) is 0 Å². The first kappa shape index (κ1) is 10.6. The SMILES string of the molecule is Nc1ccc(-c2ccc(Br)cc2)cc1S. The molecule has 0 aromatic heterocycles. The topological polar surface area (TPSA) is 26.0 Å². The molecule has 0 saturated carbocycles. The molecule has 0 aliphatic carbocycles. The van der Waals surface area contributed by atoms with Crippen LogP contribution in [0, 0.1) is 0 Å². The summed E-state index contributed by atoms with van der Waals surface area (Å²) in [6, 6.07) is 14.0. The van der Waals surface area contributed by atoms with Crippen molar-refractivity contribution in [1.82, 2.24) is 0 Å². The molecule has 2 aromatic rings. The normalized spacial score (nSPS) is 10.3. The van der Waals surface area contributed by atoms with Crippen molar-refractivity contribution in [2.75, 3.05) is 5.73 Å². The molecule has 0 aliphatic rings. The number of hydrogen-bond donors (Lipinski definition) is 2. The van der Waals surface area contributed by atoms with Gasteiger partial charge in [0.25, 0.3) is 0 Å². The number of rotatable bonds is 1. The first-order valence-corrected chi connectivity index (χ1v) is 5.75. The Morgan fingerprint density at radius 1 is 0.933 bits per heavy atom. The lowest BCUT2D eigenvalue weighted by atomic mass is 10.1. The third-order valence-corrected chi connectivity index (χ3v) is 3.12. The number of halogens is 1. The van der Waals surface area contributed by atoms with Gasteiger partial charge in [0.2, 0.25) is 0 Å². The molecule has 2 rings (SSSR count). The van der Waals surface area contributed by atoms with E-state index in [9.17, 15) is 0 Å². The lowest BCUT2D eigenvalue weighted by molar-refractivity contribution is 1.46. The van der Waals surface area contributed by atoms with Crippen LogP contribution in [-0.2, 0) is 0 Å². The Kier molecular flexibility index (Phi) is 3.03. The zero-order valence-corrected chi connectivity index (χ0v) is 10.4. The van der Waals surface area contributed by atoms with Crippen LogP contribution in [0.4, 0.5) is 5.69 Å². The maximum absolute atomic E-state index is 5.71. The van der Waals surface area contributed by atoms with Gasteiger partial charge in [-0.05, 0) is 35.4 Å². The van der Waals surface area contributed by atoms with E-state index in [1.165, 1.54) is 0 Å². The second kappa shape index (κ2) is 4.29. The molecule has 0 spiro atoms. The molecule has 76 valence electrons. The highest BCUT2D eigenvalue weighted by molar-refractivity contribution is 9.10. The molecule has 3 heteroatoms. The van der Waals surface area contributed by atoms with Crippen molar-refractivity contribution in [3.8, 4) is 11.1 Å². The Balaban J connectivity index is 2.45. The number of thiol groups is 1. The van der Waals surface area contributed by atoms with E-state index in [0.29, 0.717) is 5.69 Å². The number of nitrogen functional groups attached to an aromatic ring is 1. The lowest BCUT2D eigenvalue weighted by Crippen LogP contribution is -1.87. The molecule has 0 heterocycles. The van der Waals surface area contributed by atoms with E-state index in [-0.39, 0.29) is 0 Å². The number of hydrogen-bond acceptors (Lipinski definition) is 2. The van der Waals surface area contributed by atoms with Crippen LogP contribution >= 0.6 is 28.6 Å². The minimum atomic E-state index is 0.708. The van der Waals surface area contributed by atoms with Gasteiger partial charge in [0, 0.05) is 15.1 Å². The molecule has 0 fully saturated rings. The average Bonchev–Trinajstić information content (AvgIpc) is 2.23. The quantitative estimate of drug-likeness (QED) is 0.599. The van der Waals surface area contributed by atoms with Crippen molar-refractivity contribution in [1.29, 1.82) is 0 Å². The monoisotopic (exact) mass is 279 g/mol. The minimum Gasteiger partial charge on any atom is -0.398 e. The second-order valence-corrected chi connectivity index (χ2v) is 4.68. The molecule has 15 heavy (non-hydrogen) atoms. The van der Waals surface area contributed by atoms with Gasteiger partial charge in [-0.3, -0.25) is 0 Å². The third-order valence-electron chi connectivity index (χ3n) is 2.21. The summed E-state index contributed by atoms with van der Waals surface area (Å²) in [5.74, 6) is 0. The maximum Gasteiger partial charge on any atom is 0.0450 e. The molecular formula is C12H10BrNS.